The third-order valence-corrected chi connectivity index (χ3v) is 5.23. The maximum absolute atomic E-state index is 2.30. The molecule has 0 radical (unpaired) electrons. The molecule has 1 heterocycles. The molecule has 0 bridgehead atoms. The molecule has 1 aromatic carbocycles. The van der Waals surface area contributed by atoms with E-state index in [1.54, 1.807) is 10.5 Å². The van der Waals surface area contributed by atoms with Gasteiger partial charge >= 0.3 is 0 Å². The summed E-state index contributed by atoms with van der Waals surface area (Å²) >= 11 is 0. The van der Waals surface area contributed by atoms with Crippen molar-refractivity contribution >= 4 is 0 Å². The molecule has 19 heavy (non-hydrogen) atoms. The van der Waals surface area contributed by atoms with Crippen LogP contribution >= 0.6 is 0 Å². The summed E-state index contributed by atoms with van der Waals surface area (Å²) in [5.74, 6) is 0. The lowest BCUT2D eigenvalue weighted by Crippen LogP contribution is -3.29. The molecule has 0 atom stereocenters. The van der Waals surface area contributed by atoms with Gasteiger partial charge in [0.15, 0.2) is 0 Å². The van der Waals surface area contributed by atoms with Gasteiger partial charge in [-0.3, -0.25) is 0 Å². The van der Waals surface area contributed by atoms with Crippen molar-refractivity contribution in [2.24, 2.45) is 0 Å². The van der Waals surface area contributed by atoms with Gasteiger partial charge in [-0.1, -0.05) is 24.3 Å². The Balaban J connectivity index is 1.51. The third-order valence-electron chi connectivity index (χ3n) is 5.23. The molecule has 3 rings (SSSR count). The Morgan fingerprint density at radius 3 is 2.37 bits per heavy atom. The van der Waals surface area contributed by atoms with E-state index in [9.17, 15) is 0 Å². The Kier molecular flexibility index (Phi) is 4.19. The Hall–Kier alpha value is -0.860. The van der Waals surface area contributed by atoms with Crippen molar-refractivity contribution in [1.29, 1.82) is 0 Å². The third kappa shape index (κ3) is 3.18. The van der Waals surface area contributed by atoms with Crippen molar-refractivity contribution in [1.82, 2.24) is 0 Å². The number of piperazine rings is 1. The highest BCUT2D eigenvalue weighted by Crippen LogP contribution is 2.15. The molecule has 1 aliphatic carbocycles. The van der Waals surface area contributed by atoms with E-state index >= 15 is 0 Å². The Bertz CT molecular complexity index is 401. The van der Waals surface area contributed by atoms with Crippen molar-refractivity contribution in [2.45, 2.75) is 45.2 Å². The normalized spacial score (nSPS) is 28.7. The van der Waals surface area contributed by atoms with Crippen molar-refractivity contribution in [3.05, 3.63) is 35.4 Å². The quantitative estimate of drug-likeness (QED) is 0.769. The number of aryl methyl sites for hydroxylation is 1. The van der Waals surface area contributed by atoms with Crippen LogP contribution in [0, 0.1) is 6.92 Å². The van der Waals surface area contributed by atoms with E-state index in [0.717, 1.165) is 6.04 Å². The molecule has 1 aliphatic heterocycles. The zero-order valence-corrected chi connectivity index (χ0v) is 12.3. The first-order valence-corrected chi connectivity index (χ1v) is 8.05. The number of hydrogen-bond donors (Lipinski definition) is 2. The van der Waals surface area contributed by atoms with E-state index in [1.165, 1.54) is 64.0 Å². The van der Waals surface area contributed by atoms with Gasteiger partial charge in [0.1, 0.15) is 32.7 Å². The van der Waals surface area contributed by atoms with E-state index < -0.39 is 0 Å². The fraction of sp³-hybridized carbons (Fsp3) is 0.647. The molecule has 1 saturated carbocycles. The molecule has 0 amide bonds. The minimum Gasteiger partial charge on any atom is -0.323 e. The first-order chi connectivity index (χ1) is 9.33. The van der Waals surface area contributed by atoms with Crippen molar-refractivity contribution in [2.75, 3.05) is 26.2 Å². The van der Waals surface area contributed by atoms with Crippen LogP contribution in [0.3, 0.4) is 0 Å². The highest BCUT2D eigenvalue weighted by molar-refractivity contribution is 5.24. The summed E-state index contributed by atoms with van der Waals surface area (Å²) in [5, 5.41) is 0. The van der Waals surface area contributed by atoms with Gasteiger partial charge in [0, 0.05) is 5.56 Å². The lowest BCUT2D eigenvalue weighted by molar-refractivity contribution is -1.03. The average molecular weight is 260 g/mol. The summed E-state index contributed by atoms with van der Waals surface area (Å²) in [7, 11) is 0. The van der Waals surface area contributed by atoms with Crippen molar-refractivity contribution in [3.63, 3.8) is 0 Å². The minimum atomic E-state index is 1.00. The smallest absolute Gasteiger partial charge is 0.127 e. The van der Waals surface area contributed by atoms with Crippen molar-refractivity contribution < 1.29 is 9.80 Å². The van der Waals surface area contributed by atoms with E-state index in [4.69, 9.17) is 0 Å². The van der Waals surface area contributed by atoms with Crippen LogP contribution in [0.2, 0.25) is 0 Å². The summed E-state index contributed by atoms with van der Waals surface area (Å²) in [5.41, 5.74) is 3.00. The second-order valence-electron chi connectivity index (χ2n) is 6.49. The molecule has 1 saturated heterocycles. The van der Waals surface area contributed by atoms with Crippen molar-refractivity contribution in [3.8, 4) is 0 Å². The maximum Gasteiger partial charge on any atom is 0.127 e. The van der Waals surface area contributed by atoms with Crippen LogP contribution in [0.25, 0.3) is 0 Å². The van der Waals surface area contributed by atoms with E-state index in [-0.39, 0.29) is 0 Å². The molecular formula is C17H28N2+2. The summed E-state index contributed by atoms with van der Waals surface area (Å²) in [4.78, 5) is 3.70. The van der Waals surface area contributed by atoms with Gasteiger partial charge in [0.2, 0.25) is 0 Å². The predicted octanol–water partition coefficient (Wildman–Crippen LogP) is 0.221. The van der Waals surface area contributed by atoms with Crippen LogP contribution in [-0.2, 0) is 6.54 Å². The lowest BCUT2D eigenvalue weighted by atomic mass is 10.1. The molecule has 0 aromatic heterocycles. The van der Waals surface area contributed by atoms with Crippen LogP contribution in [0.4, 0.5) is 0 Å². The first-order valence-electron chi connectivity index (χ1n) is 8.05. The minimum absolute atomic E-state index is 1.00. The summed E-state index contributed by atoms with van der Waals surface area (Å²) in [6, 6.07) is 9.88. The van der Waals surface area contributed by atoms with Gasteiger partial charge in [-0.05, 0) is 38.2 Å². The van der Waals surface area contributed by atoms with Crippen LogP contribution in [0.15, 0.2) is 24.3 Å². The molecule has 0 unspecified atom stereocenters. The number of rotatable bonds is 3. The van der Waals surface area contributed by atoms with E-state index in [0.29, 0.717) is 0 Å². The Morgan fingerprint density at radius 2 is 1.68 bits per heavy atom. The first kappa shape index (κ1) is 13.1. The molecule has 2 fully saturated rings. The van der Waals surface area contributed by atoms with Crippen LogP contribution in [0.5, 0.6) is 0 Å². The lowest BCUT2D eigenvalue weighted by Gasteiger charge is -2.33. The molecule has 1 aromatic rings. The molecule has 104 valence electrons. The molecule has 2 N–H and O–H groups in total. The fourth-order valence-electron chi connectivity index (χ4n) is 3.92. The predicted molar refractivity (Wildman–Crippen MR) is 78.5 cm³/mol. The second kappa shape index (κ2) is 6.06. The SMILES string of the molecule is Cc1ccccc1C[NH+]1CC[NH+](C2CCCC2)CC1. The zero-order chi connectivity index (χ0) is 13.1. The second-order valence-corrected chi connectivity index (χ2v) is 6.49. The standard InChI is InChI=1S/C17H26N2/c1-15-6-2-3-7-16(15)14-18-10-12-19(13-11-18)17-8-4-5-9-17/h2-3,6-7,17H,4-5,8-14H2,1H3/p+2. The van der Waals surface area contributed by atoms with Crippen LogP contribution < -0.4 is 9.80 Å². The van der Waals surface area contributed by atoms with Crippen LogP contribution in [0.1, 0.15) is 36.8 Å². The molecule has 2 heteroatoms. The molecular weight excluding hydrogens is 232 g/mol. The van der Waals surface area contributed by atoms with Gasteiger partial charge in [-0.2, -0.15) is 0 Å². The molecule has 2 nitrogen and oxygen atoms in total. The zero-order valence-electron chi connectivity index (χ0n) is 12.3. The van der Waals surface area contributed by atoms with E-state index in [2.05, 4.69) is 31.2 Å². The van der Waals surface area contributed by atoms with Gasteiger partial charge in [0.05, 0.1) is 6.04 Å². The Labute approximate surface area is 117 Å². The summed E-state index contributed by atoms with van der Waals surface area (Å²) < 4.78 is 0. The number of benzene rings is 1. The van der Waals surface area contributed by atoms with Gasteiger partial charge in [-0.15, -0.1) is 0 Å². The van der Waals surface area contributed by atoms with Crippen LogP contribution in [-0.4, -0.2) is 32.2 Å². The van der Waals surface area contributed by atoms with Gasteiger partial charge in [0.25, 0.3) is 0 Å². The average Bonchev–Trinajstić information content (AvgIpc) is 2.96. The highest BCUT2D eigenvalue weighted by atomic mass is 15.3. The topological polar surface area (TPSA) is 8.88 Å². The number of hydrogen-bond acceptors (Lipinski definition) is 0. The number of quaternary nitrogens is 2. The summed E-state index contributed by atoms with van der Waals surface area (Å²) in [6.07, 6.45) is 5.94. The molecule has 0 spiro atoms. The van der Waals surface area contributed by atoms with Gasteiger partial charge < -0.3 is 9.80 Å². The highest BCUT2D eigenvalue weighted by Gasteiger charge is 2.31. The largest absolute Gasteiger partial charge is 0.323 e. The monoisotopic (exact) mass is 260 g/mol. The van der Waals surface area contributed by atoms with E-state index in [1.807, 2.05) is 4.90 Å². The fourth-order valence-corrected chi connectivity index (χ4v) is 3.92. The molecule has 2 aliphatic rings. The number of nitrogens with one attached hydrogen (secondary N) is 2. The summed E-state index contributed by atoms with van der Waals surface area (Å²) in [6.45, 7) is 8.98. The Morgan fingerprint density at radius 1 is 1.00 bits per heavy atom. The van der Waals surface area contributed by atoms with Gasteiger partial charge in [-0.25, -0.2) is 0 Å². The maximum atomic E-state index is 2.30.